The smallest absolute Gasteiger partial charge is 0.239 e. The van der Waals surface area contributed by atoms with E-state index in [2.05, 4.69) is 21.1 Å². The van der Waals surface area contributed by atoms with Gasteiger partial charge in [0, 0.05) is 3.82 Å². The average Bonchev–Trinajstić information content (AvgIpc) is 3.40. The van der Waals surface area contributed by atoms with E-state index >= 15 is 0 Å². The fourth-order valence-electron chi connectivity index (χ4n) is 4.36. The molecule has 0 aliphatic heterocycles. The van der Waals surface area contributed by atoms with Crippen LogP contribution in [0.1, 0.15) is 23.6 Å². The lowest BCUT2D eigenvalue weighted by atomic mass is 10.1. The lowest BCUT2D eigenvalue weighted by Crippen LogP contribution is -2.47. The summed E-state index contributed by atoms with van der Waals surface area (Å²) in [4.78, 5) is 8.71. The first-order valence-electron chi connectivity index (χ1n) is 10.4. The number of aromatic nitrogens is 4. The minimum absolute atomic E-state index is 0.0706. The lowest BCUT2D eigenvalue weighted by molar-refractivity contribution is 0.507. The van der Waals surface area contributed by atoms with Crippen LogP contribution in [0.3, 0.4) is 0 Å². The number of hydrogen-bond acceptors (Lipinski definition) is 8. The number of anilines is 2. The van der Waals surface area contributed by atoms with E-state index in [9.17, 15) is 16.8 Å². The Morgan fingerprint density at radius 2 is 1.74 bits per heavy atom. The van der Waals surface area contributed by atoms with Crippen molar-refractivity contribution in [2.75, 3.05) is 17.5 Å². The first kappa shape index (κ1) is 22.4. The van der Waals surface area contributed by atoms with E-state index in [0.717, 1.165) is 41.5 Å². The fourth-order valence-corrected chi connectivity index (χ4v) is 7.26. The van der Waals surface area contributed by atoms with E-state index in [0.29, 0.717) is 20.5 Å². The number of nitrogens with zero attached hydrogens (tertiary/aromatic N) is 6. The van der Waals surface area contributed by atoms with Crippen molar-refractivity contribution >= 4 is 42.6 Å². The molecule has 2 aromatic heterocycles. The molecule has 175 valence electrons. The quantitative estimate of drug-likeness (QED) is 0.373. The minimum Gasteiger partial charge on any atom is -0.239 e. The molecule has 0 saturated carbocycles. The summed E-state index contributed by atoms with van der Waals surface area (Å²) in [5, 5.41) is 6.03. The van der Waals surface area contributed by atoms with Crippen LogP contribution >= 0.6 is 0 Å². The second-order valence-corrected chi connectivity index (χ2v) is 11.9. The zero-order valence-corrected chi connectivity index (χ0v) is 20.0. The summed E-state index contributed by atoms with van der Waals surface area (Å²) in [6.07, 6.45) is 6.14. The van der Waals surface area contributed by atoms with Gasteiger partial charge in [-0.25, -0.2) is 36.5 Å². The molecular weight excluding hydrogens is 476 g/mol. The van der Waals surface area contributed by atoms with E-state index in [4.69, 9.17) is 0 Å². The molecule has 10 nitrogen and oxygen atoms in total. The van der Waals surface area contributed by atoms with Gasteiger partial charge in [-0.2, -0.15) is 5.10 Å². The summed E-state index contributed by atoms with van der Waals surface area (Å²) in [6, 6.07) is 17.3. The molecule has 4 aromatic rings. The van der Waals surface area contributed by atoms with Gasteiger partial charge in [-0.1, -0.05) is 36.4 Å². The van der Waals surface area contributed by atoms with Crippen molar-refractivity contribution < 1.29 is 16.8 Å². The zero-order valence-electron chi connectivity index (χ0n) is 18.4. The molecule has 0 saturated heterocycles. The van der Waals surface area contributed by atoms with Crippen LogP contribution in [0.15, 0.2) is 61.1 Å². The van der Waals surface area contributed by atoms with Crippen molar-refractivity contribution in [3.8, 4) is 0 Å². The first-order chi connectivity index (χ1) is 16.2. The van der Waals surface area contributed by atoms with Crippen LogP contribution < -0.4 is 5.01 Å². The summed E-state index contributed by atoms with van der Waals surface area (Å²) in [5.41, 5.74) is 2.99. The first-order valence-corrected chi connectivity index (χ1v) is 14.1. The van der Waals surface area contributed by atoms with E-state index in [1.807, 2.05) is 18.2 Å². The molecule has 0 bridgehead atoms. The average molecular weight is 498 g/mol. The Bertz CT molecular complexity index is 1550. The highest BCUT2D eigenvalue weighted by atomic mass is 32.3. The van der Waals surface area contributed by atoms with E-state index in [-0.39, 0.29) is 11.9 Å². The summed E-state index contributed by atoms with van der Waals surface area (Å²) in [6.45, 7) is 0. The highest BCUT2D eigenvalue weighted by Crippen LogP contribution is 2.38. The van der Waals surface area contributed by atoms with Crippen LogP contribution in [0.5, 0.6) is 0 Å². The summed E-state index contributed by atoms with van der Waals surface area (Å²) >= 11 is 0. The van der Waals surface area contributed by atoms with Crippen LogP contribution in [-0.2, 0) is 26.5 Å². The molecule has 1 aliphatic carbocycles. The number of fused-ring (bicyclic) bond motifs is 2. The van der Waals surface area contributed by atoms with Crippen LogP contribution in [0.4, 0.5) is 11.5 Å². The number of para-hydroxylation sites is 1. The molecular formula is C22H21N6O4S2. The molecule has 0 N–H and O–H groups in total. The second kappa shape index (κ2) is 8.15. The van der Waals surface area contributed by atoms with Gasteiger partial charge in [0.05, 0.1) is 35.8 Å². The second-order valence-electron chi connectivity index (χ2n) is 8.03. The molecule has 1 radical (unpaired) electrons. The lowest BCUT2D eigenvalue weighted by Gasteiger charge is -2.31. The van der Waals surface area contributed by atoms with Gasteiger partial charge < -0.3 is 0 Å². The maximum Gasteiger partial charge on any atom is 0.242 e. The predicted octanol–water partition coefficient (Wildman–Crippen LogP) is 2.44. The Labute approximate surface area is 197 Å². The van der Waals surface area contributed by atoms with E-state index in [1.54, 1.807) is 35.0 Å². The van der Waals surface area contributed by atoms with Crippen LogP contribution in [0.25, 0.3) is 11.0 Å². The molecule has 34 heavy (non-hydrogen) atoms. The molecule has 1 unspecified atom stereocenters. The summed E-state index contributed by atoms with van der Waals surface area (Å²) < 4.78 is 52.9. The number of sulfonamides is 2. The van der Waals surface area contributed by atoms with Gasteiger partial charge >= 0.3 is 0 Å². The van der Waals surface area contributed by atoms with Crippen molar-refractivity contribution in [2.45, 2.75) is 18.9 Å². The Hall–Kier alpha value is -3.35. The van der Waals surface area contributed by atoms with Crippen LogP contribution in [0, 0.1) is 6.07 Å². The third kappa shape index (κ3) is 3.83. The molecule has 0 fully saturated rings. The van der Waals surface area contributed by atoms with Crippen LogP contribution in [0.2, 0.25) is 0 Å². The molecule has 2 aromatic carbocycles. The fraction of sp³-hybridized carbons (Fsp3) is 0.227. The van der Waals surface area contributed by atoms with E-state index in [1.165, 1.54) is 12.5 Å². The maximum atomic E-state index is 12.7. The SMILES string of the molecule is CS(=O)(=O)N(N(c1ccccc1)c1ncnc2c1cnn2C1CCc2[c]cccc21)S(C)(=O)=O. The standard InChI is InChI=1S/C22H21N6O4S2/c1-33(29,30)28(34(2,31)32)27(17-9-4-3-5-10-17)22-19-14-25-26(21(19)23-15-24-22)20-13-12-16-8-6-7-11-18(16)20/h3-7,9-11,14-15,20H,12-13H2,1-2H3. The molecule has 1 atom stereocenters. The molecule has 5 rings (SSSR count). The molecule has 1 aliphatic rings. The number of benzene rings is 2. The Morgan fingerprint density at radius 1 is 1.00 bits per heavy atom. The van der Waals surface area contributed by atoms with Gasteiger partial charge in [-0.3, -0.25) is 0 Å². The van der Waals surface area contributed by atoms with Crippen LogP contribution in [-0.4, -0.2) is 52.9 Å². The van der Waals surface area contributed by atoms with Crippen molar-refractivity contribution in [2.24, 2.45) is 0 Å². The molecule has 0 amide bonds. The Kier molecular flexibility index (Phi) is 5.38. The van der Waals surface area contributed by atoms with E-state index < -0.39 is 20.0 Å². The van der Waals surface area contributed by atoms with Gasteiger partial charge in [-0.05, 0) is 42.2 Å². The third-order valence-electron chi connectivity index (χ3n) is 5.60. The number of hydrogen-bond donors (Lipinski definition) is 0. The molecule has 2 heterocycles. The topological polar surface area (TPSA) is 118 Å². The van der Waals surface area contributed by atoms with Gasteiger partial charge in [0.15, 0.2) is 11.5 Å². The largest absolute Gasteiger partial charge is 0.242 e. The number of aryl methyl sites for hydroxylation is 1. The Balaban J connectivity index is 1.73. The zero-order chi connectivity index (χ0) is 24.1. The Morgan fingerprint density at radius 3 is 2.44 bits per heavy atom. The number of rotatable bonds is 6. The predicted molar refractivity (Wildman–Crippen MR) is 127 cm³/mol. The highest BCUT2D eigenvalue weighted by molar-refractivity contribution is 8.03. The monoisotopic (exact) mass is 497 g/mol. The summed E-state index contributed by atoms with van der Waals surface area (Å²) in [7, 11) is -8.51. The molecule has 12 heteroatoms. The van der Waals surface area contributed by atoms with Gasteiger partial charge in [0.1, 0.15) is 6.33 Å². The van der Waals surface area contributed by atoms with Gasteiger partial charge in [-0.15, -0.1) is 0 Å². The van der Waals surface area contributed by atoms with Crippen molar-refractivity contribution in [3.63, 3.8) is 0 Å². The van der Waals surface area contributed by atoms with Crippen molar-refractivity contribution in [3.05, 3.63) is 78.2 Å². The number of hydrazine groups is 1. The summed E-state index contributed by atoms with van der Waals surface area (Å²) in [5.74, 6) is 0.0798. The van der Waals surface area contributed by atoms with Gasteiger partial charge in [0.25, 0.3) is 0 Å². The maximum absolute atomic E-state index is 12.7. The highest BCUT2D eigenvalue weighted by Gasteiger charge is 2.37. The van der Waals surface area contributed by atoms with Gasteiger partial charge in [0.2, 0.25) is 20.0 Å². The molecule has 0 spiro atoms. The van der Waals surface area contributed by atoms with Crippen molar-refractivity contribution in [1.82, 2.24) is 23.6 Å². The van der Waals surface area contributed by atoms with Crippen molar-refractivity contribution in [1.29, 1.82) is 0 Å². The normalized spacial score (nSPS) is 16.1. The third-order valence-corrected chi connectivity index (χ3v) is 8.69. The minimum atomic E-state index is -4.26.